The third-order valence-corrected chi connectivity index (χ3v) is 2.97. The first kappa shape index (κ1) is 10.3. The van der Waals surface area contributed by atoms with Crippen molar-refractivity contribution in [1.29, 1.82) is 0 Å². The van der Waals surface area contributed by atoms with E-state index in [1.54, 1.807) is 6.20 Å². The van der Waals surface area contributed by atoms with E-state index in [1.807, 2.05) is 30.2 Å². The highest BCUT2D eigenvalue weighted by Gasteiger charge is 2.22. The van der Waals surface area contributed by atoms with Gasteiger partial charge < -0.3 is 10.1 Å². The molecule has 0 aliphatic carbocycles. The molecule has 3 heterocycles. The lowest BCUT2D eigenvalue weighted by Crippen LogP contribution is -2.18. The maximum absolute atomic E-state index is 5.62. The molecule has 0 saturated heterocycles. The van der Waals surface area contributed by atoms with Gasteiger partial charge >= 0.3 is 0 Å². The smallest absolute Gasteiger partial charge is 0.114 e. The number of aromatic nitrogens is 3. The van der Waals surface area contributed by atoms with Crippen molar-refractivity contribution in [3.05, 3.63) is 42.2 Å². The summed E-state index contributed by atoms with van der Waals surface area (Å²) >= 11 is 0. The van der Waals surface area contributed by atoms with Crippen LogP contribution in [0.5, 0.6) is 0 Å². The number of hydrogen-bond donors (Lipinski definition) is 1. The van der Waals surface area contributed by atoms with Crippen LogP contribution in [-0.2, 0) is 4.74 Å². The Balaban J connectivity index is 2.06. The van der Waals surface area contributed by atoms with Gasteiger partial charge in [-0.25, -0.2) is 4.52 Å². The van der Waals surface area contributed by atoms with Crippen molar-refractivity contribution in [2.75, 3.05) is 13.7 Å². The number of likely N-dealkylation sites (N-methyl/N-ethyl adjacent to an activating group) is 1. The summed E-state index contributed by atoms with van der Waals surface area (Å²) in [5, 5.41) is 7.58. The fourth-order valence-corrected chi connectivity index (χ4v) is 2.16. The van der Waals surface area contributed by atoms with Crippen molar-refractivity contribution in [2.24, 2.45) is 0 Å². The van der Waals surface area contributed by atoms with Gasteiger partial charge in [-0.15, -0.1) is 0 Å². The van der Waals surface area contributed by atoms with E-state index in [0.717, 1.165) is 29.9 Å². The molecular weight excluding hydrogens is 216 g/mol. The Kier molecular flexibility index (Phi) is 2.53. The van der Waals surface area contributed by atoms with Gasteiger partial charge in [0.2, 0.25) is 0 Å². The monoisotopic (exact) mass is 230 g/mol. The fraction of sp³-hybridized carbons (Fsp3) is 0.333. The highest BCUT2D eigenvalue weighted by molar-refractivity contribution is 5.54. The zero-order chi connectivity index (χ0) is 11.7. The quantitative estimate of drug-likeness (QED) is 0.863. The van der Waals surface area contributed by atoms with Gasteiger partial charge in [0.25, 0.3) is 0 Å². The molecule has 5 heteroatoms. The summed E-state index contributed by atoms with van der Waals surface area (Å²) in [5.41, 5.74) is 2.09. The van der Waals surface area contributed by atoms with Crippen molar-refractivity contribution in [3.8, 4) is 0 Å². The van der Waals surface area contributed by atoms with Crippen molar-refractivity contribution in [3.63, 3.8) is 0 Å². The van der Waals surface area contributed by atoms with Crippen LogP contribution in [0, 0.1) is 0 Å². The van der Waals surface area contributed by atoms with Gasteiger partial charge in [-0.1, -0.05) is 0 Å². The van der Waals surface area contributed by atoms with Gasteiger partial charge in [-0.05, 0) is 13.1 Å². The van der Waals surface area contributed by atoms with E-state index in [2.05, 4.69) is 21.5 Å². The predicted molar refractivity (Wildman–Crippen MR) is 63.4 cm³/mol. The third-order valence-electron chi connectivity index (χ3n) is 2.97. The van der Waals surface area contributed by atoms with Crippen LogP contribution in [0.15, 0.2) is 36.6 Å². The lowest BCUT2D eigenvalue weighted by atomic mass is 10.1. The zero-order valence-corrected chi connectivity index (χ0v) is 9.63. The highest BCUT2D eigenvalue weighted by Crippen LogP contribution is 2.28. The van der Waals surface area contributed by atoms with Gasteiger partial charge in [-0.2, -0.15) is 5.10 Å². The molecule has 5 nitrogen and oxygen atoms in total. The molecule has 2 aromatic rings. The molecule has 0 spiro atoms. The average Bonchev–Trinajstić information content (AvgIpc) is 3.01. The second-order valence-corrected chi connectivity index (χ2v) is 3.97. The van der Waals surface area contributed by atoms with Crippen LogP contribution in [0.2, 0.25) is 0 Å². The Morgan fingerprint density at radius 2 is 2.41 bits per heavy atom. The zero-order valence-electron chi connectivity index (χ0n) is 9.63. The van der Waals surface area contributed by atoms with E-state index in [4.69, 9.17) is 4.74 Å². The van der Waals surface area contributed by atoms with E-state index < -0.39 is 0 Å². The second kappa shape index (κ2) is 4.18. The molecule has 2 aromatic heterocycles. The van der Waals surface area contributed by atoms with Crippen LogP contribution < -0.4 is 5.32 Å². The fourth-order valence-electron chi connectivity index (χ4n) is 2.16. The molecule has 1 aliphatic heterocycles. The standard InChI is InChI=1S/C12H14N4O/c1-13-12(11-3-2-6-17-11)9-7-15-16-5-4-14-8-10(9)16/h3-5,7-8,12-13H,2,6H2,1H3. The first-order valence-corrected chi connectivity index (χ1v) is 5.67. The highest BCUT2D eigenvalue weighted by atomic mass is 16.5. The lowest BCUT2D eigenvalue weighted by molar-refractivity contribution is 0.218. The molecule has 0 bridgehead atoms. The normalized spacial score (nSPS) is 16.9. The molecule has 0 aromatic carbocycles. The summed E-state index contributed by atoms with van der Waals surface area (Å²) in [7, 11) is 1.92. The molecule has 1 N–H and O–H groups in total. The van der Waals surface area contributed by atoms with Crippen LogP contribution in [0.1, 0.15) is 18.0 Å². The first-order chi connectivity index (χ1) is 8.40. The maximum atomic E-state index is 5.62. The SMILES string of the molecule is CNC(C1=CCCO1)c1cnn2ccncc12. The Bertz CT molecular complexity index is 560. The van der Waals surface area contributed by atoms with Crippen molar-refractivity contribution < 1.29 is 4.74 Å². The molecule has 0 amide bonds. The maximum Gasteiger partial charge on any atom is 0.114 e. The minimum atomic E-state index is 0.0548. The molecule has 3 rings (SSSR count). The lowest BCUT2D eigenvalue weighted by Gasteiger charge is -2.16. The van der Waals surface area contributed by atoms with Crippen molar-refractivity contribution in [1.82, 2.24) is 19.9 Å². The number of nitrogens with one attached hydrogen (secondary N) is 1. The molecule has 88 valence electrons. The molecule has 0 radical (unpaired) electrons. The van der Waals surface area contributed by atoms with Crippen molar-refractivity contribution >= 4 is 5.52 Å². The van der Waals surface area contributed by atoms with Gasteiger partial charge in [0, 0.05) is 24.4 Å². The summed E-state index contributed by atoms with van der Waals surface area (Å²) in [6.07, 6.45) is 10.4. The Morgan fingerprint density at radius 1 is 1.47 bits per heavy atom. The summed E-state index contributed by atoms with van der Waals surface area (Å²) in [5.74, 6) is 0.978. The molecule has 1 atom stereocenters. The minimum Gasteiger partial charge on any atom is -0.496 e. The van der Waals surface area contributed by atoms with Gasteiger partial charge in [0.15, 0.2) is 0 Å². The van der Waals surface area contributed by atoms with Gasteiger partial charge in [0.05, 0.1) is 30.6 Å². The van der Waals surface area contributed by atoms with E-state index in [0.29, 0.717) is 0 Å². The summed E-state index contributed by atoms with van der Waals surface area (Å²) < 4.78 is 7.44. The molecule has 0 saturated carbocycles. The number of rotatable bonds is 3. The van der Waals surface area contributed by atoms with Crippen LogP contribution >= 0.6 is 0 Å². The Morgan fingerprint density at radius 3 is 3.18 bits per heavy atom. The third kappa shape index (κ3) is 1.68. The number of fused-ring (bicyclic) bond motifs is 1. The summed E-state index contributed by atoms with van der Waals surface area (Å²) in [6.45, 7) is 0.769. The van der Waals surface area contributed by atoms with Crippen LogP contribution in [0.3, 0.4) is 0 Å². The molecule has 1 aliphatic rings. The molecule has 17 heavy (non-hydrogen) atoms. The number of nitrogens with zero attached hydrogens (tertiary/aromatic N) is 3. The van der Waals surface area contributed by atoms with Gasteiger partial charge in [-0.3, -0.25) is 4.98 Å². The largest absolute Gasteiger partial charge is 0.496 e. The first-order valence-electron chi connectivity index (χ1n) is 5.67. The summed E-state index contributed by atoms with van der Waals surface area (Å²) in [6, 6.07) is 0.0548. The Labute approximate surface area is 99.1 Å². The Hall–Kier alpha value is -1.88. The minimum absolute atomic E-state index is 0.0548. The van der Waals surface area contributed by atoms with Crippen LogP contribution in [0.4, 0.5) is 0 Å². The summed E-state index contributed by atoms with van der Waals surface area (Å²) in [4.78, 5) is 4.14. The van der Waals surface area contributed by atoms with E-state index in [9.17, 15) is 0 Å². The van der Waals surface area contributed by atoms with Crippen LogP contribution in [-0.4, -0.2) is 28.3 Å². The number of ether oxygens (including phenoxy) is 1. The van der Waals surface area contributed by atoms with Crippen molar-refractivity contribution in [2.45, 2.75) is 12.5 Å². The topological polar surface area (TPSA) is 51.5 Å². The van der Waals surface area contributed by atoms with Crippen LogP contribution in [0.25, 0.3) is 5.52 Å². The molecule has 1 unspecified atom stereocenters. The van der Waals surface area contributed by atoms with E-state index >= 15 is 0 Å². The predicted octanol–water partition coefficient (Wildman–Crippen LogP) is 1.29. The van der Waals surface area contributed by atoms with E-state index in [-0.39, 0.29) is 6.04 Å². The van der Waals surface area contributed by atoms with Gasteiger partial charge in [0.1, 0.15) is 5.76 Å². The van der Waals surface area contributed by atoms with E-state index in [1.165, 1.54) is 0 Å². The molecule has 0 fully saturated rings. The number of hydrogen-bond acceptors (Lipinski definition) is 4. The second-order valence-electron chi connectivity index (χ2n) is 3.97. The average molecular weight is 230 g/mol. The molecular formula is C12H14N4O.